The lowest BCUT2D eigenvalue weighted by molar-refractivity contribution is -0.116. The van der Waals surface area contributed by atoms with E-state index in [2.05, 4.69) is 21.2 Å². The second kappa shape index (κ2) is 11.0. The number of hydrogen-bond acceptors (Lipinski definition) is 5. The molecule has 0 saturated carbocycles. The maximum Gasteiger partial charge on any atom is 0.243 e. The summed E-state index contributed by atoms with van der Waals surface area (Å²) in [6.45, 7) is -0.414. The first kappa shape index (κ1) is 25.0. The van der Waals surface area contributed by atoms with Crippen molar-refractivity contribution in [1.82, 2.24) is 4.31 Å². The van der Waals surface area contributed by atoms with Crippen LogP contribution in [0.1, 0.15) is 5.56 Å². The summed E-state index contributed by atoms with van der Waals surface area (Å²) in [6, 6.07) is 18.0. The van der Waals surface area contributed by atoms with Crippen molar-refractivity contribution in [2.45, 2.75) is 11.4 Å². The van der Waals surface area contributed by atoms with Crippen LogP contribution in [0.4, 0.5) is 5.69 Å². The molecule has 0 fully saturated rings. The molecule has 10 heteroatoms. The van der Waals surface area contributed by atoms with Gasteiger partial charge in [0.2, 0.25) is 15.9 Å². The summed E-state index contributed by atoms with van der Waals surface area (Å²) in [4.78, 5) is 13.0. The van der Waals surface area contributed by atoms with Gasteiger partial charge < -0.3 is 14.8 Å². The van der Waals surface area contributed by atoms with Crippen LogP contribution in [0.5, 0.6) is 11.5 Å². The van der Waals surface area contributed by atoms with E-state index in [4.69, 9.17) is 21.1 Å². The SMILES string of the molecule is COc1ccc(OC)c(NC(=O)CN(Cc2ccc(Br)cc2)S(=O)(=O)c2ccc(Cl)cc2)c1. The van der Waals surface area contributed by atoms with Crippen molar-refractivity contribution in [3.63, 3.8) is 0 Å². The number of halogens is 2. The van der Waals surface area contributed by atoms with E-state index in [0.29, 0.717) is 22.2 Å². The number of nitrogens with one attached hydrogen (secondary N) is 1. The molecule has 0 heterocycles. The number of nitrogens with zero attached hydrogens (tertiary/aromatic N) is 1. The molecule has 0 aliphatic carbocycles. The highest BCUT2D eigenvalue weighted by atomic mass is 79.9. The molecular formula is C23H22BrClN2O5S. The van der Waals surface area contributed by atoms with E-state index in [-0.39, 0.29) is 11.4 Å². The number of amides is 1. The minimum absolute atomic E-state index is 0.000898. The maximum atomic E-state index is 13.4. The Morgan fingerprint density at radius 3 is 2.27 bits per heavy atom. The zero-order chi connectivity index (χ0) is 24.0. The van der Waals surface area contributed by atoms with E-state index < -0.39 is 22.5 Å². The fourth-order valence-electron chi connectivity index (χ4n) is 3.04. The molecule has 0 aromatic heterocycles. The summed E-state index contributed by atoms with van der Waals surface area (Å²) in [5, 5.41) is 3.13. The molecule has 7 nitrogen and oxygen atoms in total. The topological polar surface area (TPSA) is 84.9 Å². The van der Waals surface area contributed by atoms with Gasteiger partial charge >= 0.3 is 0 Å². The van der Waals surface area contributed by atoms with Gasteiger partial charge in [-0.15, -0.1) is 0 Å². The minimum Gasteiger partial charge on any atom is -0.497 e. The average molecular weight is 554 g/mol. The van der Waals surface area contributed by atoms with Gasteiger partial charge in [0, 0.05) is 22.1 Å². The number of methoxy groups -OCH3 is 2. The Hall–Kier alpha value is -2.59. The standard InChI is InChI=1S/C23H22BrClN2O5S/c1-31-19-9-12-22(32-2)21(13-19)26-23(28)15-27(14-16-3-5-17(24)6-4-16)33(29,30)20-10-7-18(25)8-11-20/h3-13H,14-15H2,1-2H3,(H,26,28). The van der Waals surface area contributed by atoms with Gasteiger partial charge in [-0.1, -0.05) is 39.7 Å². The molecule has 0 radical (unpaired) electrons. The molecule has 174 valence electrons. The Kier molecular flexibility index (Phi) is 8.36. The van der Waals surface area contributed by atoms with Gasteiger partial charge in [0.25, 0.3) is 0 Å². The summed E-state index contributed by atoms with van der Waals surface area (Å²) in [5.74, 6) is 0.409. The summed E-state index contributed by atoms with van der Waals surface area (Å²) in [5.41, 5.74) is 1.09. The fourth-order valence-corrected chi connectivity index (χ4v) is 4.81. The maximum absolute atomic E-state index is 13.4. The predicted molar refractivity (Wildman–Crippen MR) is 131 cm³/mol. The zero-order valence-electron chi connectivity index (χ0n) is 17.9. The van der Waals surface area contributed by atoms with Crippen molar-refractivity contribution >= 4 is 49.1 Å². The van der Waals surface area contributed by atoms with Crippen LogP contribution in [0.2, 0.25) is 5.02 Å². The molecule has 1 amide bonds. The smallest absolute Gasteiger partial charge is 0.243 e. The van der Waals surface area contributed by atoms with Crippen molar-refractivity contribution < 1.29 is 22.7 Å². The Morgan fingerprint density at radius 2 is 1.67 bits per heavy atom. The first-order valence-corrected chi connectivity index (χ1v) is 12.4. The molecule has 0 saturated heterocycles. The predicted octanol–water partition coefficient (Wildman–Crippen LogP) is 4.95. The summed E-state index contributed by atoms with van der Waals surface area (Å²) < 4.78 is 39.2. The normalized spacial score (nSPS) is 11.3. The molecular weight excluding hydrogens is 532 g/mol. The lowest BCUT2D eigenvalue weighted by Crippen LogP contribution is -2.37. The highest BCUT2D eigenvalue weighted by Gasteiger charge is 2.27. The van der Waals surface area contributed by atoms with E-state index in [1.165, 1.54) is 38.5 Å². The van der Waals surface area contributed by atoms with E-state index >= 15 is 0 Å². The van der Waals surface area contributed by atoms with E-state index in [1.54, 1.807) is 30.3 Å². The monoisotopic (exact) mass is 552 g/mol. The third-order valence-corrected chi connectivity index (χ3v) is 7.31. The second-order valence-electron chi connectivity index (χ2n) is 6.97. The van der Waals surface area contributed by atoms with Gasteiger partial charge in [-0.2, -0.15) is 4.31 Å². The van der Waals surface area contributed by atoms with Crippen LogP contribution in [0.3, 0.4) is 0 Å². The first-order chi connectivity index (χ1) is 15.7. The zero-order valence-corrected chi connectivity index (χ0v) is 21.1. The van der Waals surface area contributed by atoms with Gasteiger partial charge in [0.05, 0.1) is 31.3 Å². The number of benzene rings is 3. The molecule has 0 aliphatic heterocycles. The van der Waals surface area contributed by atoms with E-state index in [0.717, 1.165) is 14.3 Å². The molecule has 0 bridgehead atoms. The molecule has 0 aliphatic rings. The van der Waals surface area contributed by atoms with Gasteiger partial charge in [-0.3, -0.25) is 4.79 Å². The average Bonchev–Trinajstić information content (AvgIpc) is 2.80. The van der Waals surface area contributed by atoms with Crippen LogP contribution < -0.4 is 14.8 Å². The number of rotatable bonds is 9. The molecule has 33 heavy (non-hydrogen) atoms. The van der Waals surface area contributed by atoms with Crippen LogP contribution in [-0.4, -0.2) is 39.4 Å². The largest absolute Gasteiger partial charge is 0.497 e. The number of hydrogen-bond donors (Lipinski definition) is 1. The van der Waals surface area contributed by atoms with Crippen LogP contribution >= 0.6 is 27.5 Å². The third-order valence-electron chi connectivity index (χ3n) is 4.72. The van der Waals surface area contributed by atoms with Crippen LogP contribution in [0.15, 0.2) is 76.1 Å². The quantitative estimate of drug-likeness (QED) is 0.405. The Labute approximate surface area is 206 Å². The minimum atomic E-state index is -4.00. The van der Waals surface area contributed by atoms with E-state index in [9.17, 15) is 13.2 Å². The molecule has 3 aromatic rings. The number of ether oxygens (including phenoxy) is 2. The van der Waals surface area contributed by atoms with Crippen LogP contribution in [-0.2, 0) is 21.4 Å². The third kappa shape index (κ3) is 6.48. The van der Waals surface area contributed by atoms with Crippen LogP contribution in [0.25, 0.3) is 0 Å². The Balaban J connectivity index is 1.90. The Morgan fingerprint density at radius 1 is 1.00 bits per heavy atom. The number of carbonyl (C=O) groups is 1. The van der Waals surface area contributed by atoms with E-state index in [1.807, 2.05) is 12.1 Å². The lowest BCUT2D eigenvalue weighted by atomic mass is 10.2. The number of sulfonamides is 1. The molecule has 3 aromatic carbocycles. The van der Waals surface area contributed by atoms with Crippen molar-refractivity contribution in [2.24, 2.45) is 0 Å². The van der Waals surface area contributed by atoms with Gasteiger partial charge in [-0.25, -0.2) is 8.42 Å². The van der Waals surface area contributed by atoms with Crippen LogP contribution in [0, 0.1) is 0 Å². The van der Waals surface area contributed by atoms with Crippen molar-refractivity contribution in [3.8, 4) is 11.5 Å². The van der Waals surface area contributed by atoms with Crippen molar-refractivity contribution in [3.05, 3.63) is 81.8 Å². The summed E-state index contributed by atoms with van der Waals surface area (Å²) in [6.07, 6.45) is 0. The summed E-state index contributed by atoms with van der Waals surface area (Å²) in [7, 11) is -1.02. The number of anilines is 1. The molecule has 3 rings (SSSR count). The lowest BCUT2D eigenvalue weighted by Gasteiger charge is -2.22. The molecule has 0 spiro atoms. The van der Waals surface area contributed by atoms with Gasteiger partial charge in [0.15, 0.2) is 0 Å². The number of carbonyl (C=O) groups excluding carboxylic acids is 1. The highest BCUT2D eigenvalue weighted by molar-refractivity contribution is 9.10. The second-order valence-corrected chi connectivity index (χ2v) is 10.3. The van der Waals surface area contributed by atoms with Gasteiger partial charge in [0.1, 0.15) is 11.5 Å². The van der Waals surface area contributed by atoms with Crippen molar-refractivity contribution in [2.75, 3.05) is 26.1 Å². The fraction of sp³-hybridized carbons (Fsp3) is 0.174. The Bertz CT molecular complexity index is 1220. The molecule has 0 atom stereocenters. The van der Waals surface area contributed by atoms with Gasteiger partial charge in [-0.05, 0) is 54.1 Å². The first-order valence-electron chi connectivity index (χ1n) is 9.75. The van der Waals surface area contributed by atoms with Crippen molar-refractivity contribution in [1.29, 1.82) is 0 Å². The highest BCUT2D eigenvalue weighted by Crippen LogP contribution is 2.29. The summed E-state index contributed by atoms with van der Waals surface area (Å²) >= 11 is 9.28. The molecule has 0 unspecified atom stereocenters. The molecule has 1 N–H and O–H groups in total.